The first kappa shape index (κ1) is 14.4. The van der Waals surface area contributed by atoms with E-state index in [4.69, 9.17) is 5.73 Å². The fourth-order valence-corrected chi connectivity index (χ4v) is 3.93. The molecule has 2 rings (SSSR count). The van der Waals surface area contributed by atoms with Crippen molar-refractivity contribution in [2.75, 3.05) is 18.0 Å². The molecule has 2 N–H and O–H groups in total. The Labute approximate surface area is 118 Å². The Kier molecular flexibility index (Phi) is 4.51. The van der Waals surface area contributed by atoms with E-state index in [2.05, 4.69) is 49.9 Å². The lowest BCUT2D eigenvalue weighted by atomic mass is 9.83. The molecular formula is C17H28N2. The van der Waals surface area contributed by atoms with Gasteiger partial charge < -0.3 is 10.6 Å². The molecule has 1 aromatic rings. The molecule has 0 bridgehead atoms. The van der Waals surface area contributed by atoms with E-state index in [-0.39, 0.29) is 5.54 Å². The summed E-state index contributed by atoms with van der Waals surface area (Å²) in [4.78, 5) is 2.56. The van der Waals surface area contributed by atoms with Crippen molar-refractivity contribution in [1.82, 2.24) is 0 Å². The molecule has 2 atom stereocenters. The Hall–Kier alpha value is -1.02. The number of benzene rings is 1. The second kappa shape index (κ2) is 5.96. The standard InChI is InChI=1S/C17H28N2/c1-4-15-7-6-12-17(15,13-18)19(5-2)16-10-8-14(3)9-11-16/h8-11,15H,4-7,12-13,18H2,1-3H3. The fourth-order valence-electron chi connectivity index (χ4n) is 3.93. The summed E-state index contributed by atoms with van der Waals surface area (Å²) in [5.74, 6) is 0.735. The Morgan fingerprint density at radius 3 is 2.47 bits per heavy atom. The van der Waals surface area contributed by atoms with Crippen LogP contribution in [0.1, 0.15) is 45.1 Å². The van der Waals surface area contributed by atoms with Gasteiger partial charge in [0.1, 0.15) is 0 Å². The van der Waals surface area contributed by atoms with Crippen LogP contribution in [-0.4, -0.2) is 18.6 Å². The summed E-state index contributed by atoms with van der Waals surface area (Å²) < 4.78 is 0. The monoisotopic (exact) mass is 260 g/mol. The minimum atomic E-state index is 0.179. The zero-order chi connectivity index (χ0) is 13.9. The number of nitrogens with zero attached hydrogens (tertiary/aromatic N) is 1. The first-order chi connectivity index (χ1) is 9.17. The van der Waals surface area contributed by atoms with Gasteiger partial charge in [-0.25, -0.2) is 0 Å². The predicted octanol–water partition coefficient (Wildman–Crippen LogP) is 3.73. The summed E-state index contributed by atoms with van der Waals surface area (Å²) in [7, 11) is 0. The van der Waals surface area contributed by atoms with Crippen molar-refractivity contribution in [2.24, 2.45) is 11.7 Å². The summed E-state index contributed by atoms with van der Waals surface area (Å²) in [5.41, 5.74) is 9.07. The molecule has 0 amide bonds. The Morgan fingerprint density at radius 2 is 1.95 bits per heavy atom. The maximum absolute atomic E-state index is 6.24. The van der Waals surface area contributed by atoms with Crippen molar-refractivity contribution >= 4 is 5.69 Å². The summed E-state index contributed by atoms with van der Waals surface area (Å²) in [6.07, 6.45) is 5.12. The molecule has 0 radical (unpaired) electrons. The van der Waals surface area contributed by atoms with Crippen LogP contribution in [0.4, 0.5) is 5.69 Å². The number of aryl methyl sites for hydroxylation is 1. The van der Waals surface area contributed by atoms with Crippen LogP contribution in [-0.2, 0) is 0 Å². The number of likely N-dealkylation sites (N-methyl/N-ethyl adjacent to an activating group) is 1. The van der Waals surface area contributed by atoms with E-state index < -0.39 is 0 Å². The lowest BCUT2D eigenvalue weighted by Gasteiger charge is -2.46. The minimum Gasteiger partial charge on any atom is -0.365 e. The second-order valence-electron chi connectivity index (χ2n) is 5.88. The number of anilines is 1. The average molecular weight is 260 g/mol. The van der Waals surface area contributed by atoms with E-state index in [0.29, 0.717) is 0 Å². The highest BCUT2D eigenvalue weighted by Gasteiger charge is 2.44. The van der Waals surface area contributed by atoms with E-state index >= 15 is 0 Å². The number of hydrogen-bond donors (Lipinski definition) is 1. The van der Waals surface area contributed by atoms with E-state index in [1.54, 1.807) is 0 Å². The Bertz CT molecular complexity index is 398. The quantitative estimate of drug-likeness (QED) is 0.874. The Balaban J connectivity index is 2.35. The second-order valence-corrected chi connectivity index (χ2v) is 5.88. The smallest absolute Gasteiger partial charge is 0.0552 e. The van der Waals surface area contributed by atoms with Crippen LogP contribution >= 0.6 is 0 Å². The predicted molar refractivity (Wildman–Crippen MR) is 83.6 cm³/mol. The van der Waals surface area contributed by atoms with Crippen LogP contribution in [0, 0.1) is 12.8 Å². The molecule has 2 heteroatoms. The lowest BCUT2D eigenvalue weighted by molar-refractivity contribution is 0.294. The van der Waals surface area contributed by atoms with Crippen molar-refractivity contribution in [1.29, 1.82) is 0 Å². The first-order valence-corrected chi connectivity index (χ1v) is 7.72. The van der Waals surface area contributed by atoms with Crippen LogP contribution in [0.2, 0.25) is 0 Å². The van der Waals surface area contributed by atoms with E-state index in [1.165, 1.54) is 36.9 Å². The number of hydrogen-bond acceptors (Lipinski definition) is 2. The highest BCUT2D eigenvalue weighted by molar-refractivity contribution is 5.51. The molecule has 0 heterocycles. The van der Waals surface area contributed by atoms with Crippen molar-refractivity contribution < 1.29 is 0 Å². The van der Waals surface area contributed by atoms with E-state index in [9.17, 15) is 0 Å². The van der Waals surface area contributed by atoms with Crippen LogP contribution < -0.4 is 10.6 Å². The largest absolute Gasteiger partial charge is 0.365 e. The highest BCUT2D eigenvalue weighted by Crippen LogP contribution is 2.43. The molecule has 19 heavy (non-hydrogen) atoms. The van der Waals surface area contributed by atoms with Gasteiger partial charge in [-0.05, 0) is 44.7 Å². The average Bonchev–Trinajstić information content (AvgIpc) is 2.86. The van der Waals surface area contributed by atoms with Crippen molar-refractivity contribution in [2.45, 2.75) is 52.0 Å². The third kappa shape index (κ3) is 2.51. The highest BCUT2D eigenvalue weighted by atomic mass is 15.2. The maximum Gasteiger partial charge on any atom is 0.0552 e. The van der Waals surface area contributed by atoms with Crippen LogP contribution in [0.25, 0.3) is 0 Å². The Morgan fingerprint density at radius 1 is 1.26 bits per heavy atom. The first-order valence-electron chi connectivity index (χ1n) is 7.72. The summed E-state index contributed by atoms with van der Waals surface area (Å²) in [6.45, 7) is 8.51. The van der Waals surface area contributed by atoms with Crippen LogP contribution in [0.5, 0.6) is 0 Å². The van der Waals surface area contributed by atoms with Gasteiger partial charge in [0.25, 0.3) is 0 Å². The molecule has 1 fully saturated rings. The zero-order valence-corrected chi connectivity index (χ0v) is 12.7. The summed E-state index contributed by atoms with van der Waals surface area (Å²) >= 11 is 0. The summed E-state index contributed by atoms with van der Waals surface area (Å²) in [5, 5.41) is 0. The third-order valence-corrected chi connectivity index (χ3v) is 4.97. The summed E-state index contributed by atoms with van der Waals surface area (Å²) in [6, 6.07) is 8.92. The zero-order valence-electron chi connectivity index (χ0n) is 12.7. The van der Waals surface area contributed by atoms with Gasteiger partial charge in [-0.3, -0.25) is 0 Å². The topological polar surface area (TPSA) is 29.3 Å². The molecule has 106 valence electrons. The molecule has 0 saturated heterocycles. The van der Waals surface area contributed by atoms with E-state index in [0.717, 1.165) is 19.0 Å². The molecule has 1 aliphatic carbocycles. The van der Waals surface area contributed by atoms with Crippen molar-refractivity contribution in [3.63, 3.8) is 0 Å². The molecule has 1 saturated carbocycles. The van der Waals surface area contributed by atoms with Gasteiger partial charge in [0, 0.05) is 18.8 Å². The SMILES string of the molecule is CCC1CCCC1(CN)N(CC)c1ccc(C)cc1. The molecule has 0 aliphatic heterocycles. The molecule has 2 unspecified atom stereocenters. The lowest BCUT2D eigenvalue weighted by Crippen LogP contribution is -2.56. The van der Waals surface area contributed by atoms with Crippen molar-refractivity contribution in [3.8, 4) is 0 Å². The fraction of sp³-hybridized carbons (Fsp3) is 0.647. The molecule has 1 aliphatic rings. The molecule has 0 aromatic heterocycles. The minimum absolute atomic E-state index is 0.179. The normalized spacial score (nSPS) is 26.6. The molecule has 0 spiro atoms. The number of nitrogens with two attached hydrogens (primary N) is 1. The van der Waals surface area contributed by atoms with Crippen LogP contribution in [0.15, 0.2) is 24.3 Å². The van der Waals surface area contributed by atoms with Gasteiger partial charge in [-0.1, -0.05) is 37.5 Å². The van der Waals surface area contributed by atoms with E-state index in [1.807, 2.05) is 0 Å². The third-order valence-electron chi connectivity index (χ3n) is 4.97. The molecular weight excluding hydrogens is 232 g/mol. The number of rotatable bonds is 5. The van der Waals surface area contributed by atoms with Gasteiger partial charge in [0.05, 0.1) is 5.54 Å². The van der Waals surface area contributed by atoms with Gasteiger partial charge in [-0.15, -0.1) is 0 Å². The maximum atomic E-state index is 6.24. The van der Waals surface area contributed by atoms with Gasteiger partial charge >= 0.3 is 0 Å². The molecule has 1 aromatic carbocycles. The molecule has 2 nitrogen and oxygen atoms in total. The van der Waals surface area contributed by atoms with Crippen LogP contribution in [0.3, 0.4) is 0 Å². The van der Waals surface area contributed by atoms with Gasteiger partial charge in [0.15, 0.2) is 0 Å². The van der Waals surface area contributed by atoms with Gasteiger partial charge in [0.2, 0.25) is 0 Å². The van der Waals surface area contributed by atoms with Gasteiger partial charge in [-0.2, -0.15) is 0 Å². The van der Waals surface area contributed by atoms with Crippen molar-refractivity contribution in [3.05, 3.63) is 29.8 Å².